The van der Waals surface area contributed by atoms with Crippen molar-refractivity contribution in [1.82, 2.24) is 0 Å². The van der Waals surface area contributed by atoms with E-state index in [9.17, 15) is 0 Å². The van der Waals surface area contributed by atoms with E-state index in [1.54, 1.807) is 71.1 Å². The van der Waals surface area contributed by atoms with Crippen LogP contribution in [0.4, 0.5) is 0 Å². The van der Waals surface area contributed by atoms with E-state index >= 15 is 0 Å². The molecule has 310 valence electrons. The lowest BCUT2D eigenvalue weighted by Gasteiger charge is -2.10. The van der Waals surface area contributed by atoms with Gasteiger partial charge in [0.05, 0.1) is 71.1 Å². The number of benzene rings is 5. The molecule has 0 saturated heterocycles. The van der Waals surface area contributed by atoms with Gasteiger partial charge in [0, 0.05) is 53.9 Å². The molecule has 0 radical (unpaired) electrons. The highest BCUT2D eigenvalue weighted by Crippen LogP contribution is 2.37. The van der Waals surface area contributed by atoms with Crippen LogP contribution in [-0.2, 0) is 0 Å². The zero-order valence-electron chi connectivity index (χ0n) is 35.6. The molecule has 0 aromatic heterocycles. The van der Waals surface area contributed by atoms with Crippen LogP contribution in [0.5, 0.6) is 57.5 Å². The first kappa shape index (κ1) is 42.4. The fourth-order valence-corrected chi connectivity index (χ4v) is 6.92. The standard InChI is InChI=1S/C50H50O10/c1-51-41-21-32-13-14-34-24-46(56-6)36(26-45(34)55-5)17-18-38-28-50(60-10)40(30-49(38)59-9)20-19-39-29-47(57-7)37(27-48(39)58-8)16-15-35-25-43(53-3)33(23-44(35)54-4)12-11-31(41)22-42(32)52-2/h11-30H,1-10H3. The molecule has 15 aromatic rings. The minimum Gasteiger partial charge on any atom is -0.496 e. The molecule has 0 fully saturated rings. The maximum absolute atomic E-state index is 5.87. The number of ether oxygens (including phenoxy) is 10. The van der Waals surface area contributed by atoms with Gasteiger partial charge in [0.2, 0.25) is 0 Å². The average molecular weight is 811 g/mol. The van der Waals surface area contributed by atoms with Gasteiger partial charge in [-0.15, -0.1) is 0 Å². The second-order valence-corrected chi connectivity index (χ2v) is 13.3. The predicted molar refractivity (Wildman–Crippen MR) is 241 cm³/mol. The highest BCUT2D eigenvalue weighted by molar-refractivity contribution is 5.86. The Hall–Kier alpha value is -7.20. The molecule has 0 N–H and O–H groups in total. The molecule has 0 spiro atoms. The third kappa shape index (κ3) is 9.08. The predicted octanol–water partition coefficient (Wildman–Crippen LogP) is 11.5. The largest absolute Gasteiger partial charge is 0.496 e. The van der Waals surface area contributed by atoms with Crippen molar-refractivity contribution in [1.29, 1.82) is 0 Å². The van der Waals surface area contributed by atoms with Crippen LogP contribution in [0.3, 0.4) is 0 Å². The average Bonchev–Trinajstić information content (AvgIpc) is 3.29. The van der Waals surface area contributed by atoms with Gasteiger partial charge in [0.1, 0.15) is 57.5 Å². The molecular formula is C50H50O10. The molecule has 10 nitrogen and oxygen atoms in total. The quantitative estimate of drug-likeness (QED) is 0.133. The summed E-state index contributed by atoms with van der Waals surface area (Å²) in [5.74, 6) is 6.46. The van der Waals surface area contributed by atoms with Crippen LogP contribution in [0.15, 0.2) is 121 Å². The molecular weight excluding hydrogens is 761 g/mol. The molecule has 0 unspecified atom stereocenters. The molecule has 60 heavy (non-hydrogen) atoms. The first-order chi connectivity index (χ1) is 29.2. The molecule has 0 atom stereocenters. The smallest absolute Gasteiger partial charge is 0.126 e. The van der Waals surface area contributed by atoms with Gasteiger partial charge < -0.3 is 47.4 Å². The van der Waals surface area contributed by atoms with Crippen molar-refractivity contribution >= 4 is 53.9 Å². The van der Waals surface area contributed by atoms with Crippen molar-refractivity contribution in [2.75, 3.05) is 71.1 Å². The summed E-state index contributed by atoms with van der Waals surface area (Å²) in [6.07, 6.45) is 0. The van der Waals surface area contributed by atoms with Crippen molar-refractivity contribution in [2.45, 2.75) is 0 Å². The molecule has 10 heteroatoms. The van der Waals surface area contributed by atoms with E-state index in [2.05, 4.69) is 0 Å². The second kappa shape index (κ2) is 19.5. The third-order valence-corrected chi connectivity index (χ3v) is 10.1. The summed E-state index contributed by atoms with van der Waals surface area (Å²) in [5.41, 5.74) is 0. The summed E-state index contributed by atoms with van der Waals surface area (Å²) < 4.78 is 58.7. The van der Waals surface area contributed by atoms with Gasteiger partial charge >= 0.3 is 0 Å². The fraction of sp³-hybridized carbons (Fsp3) is 0.200. The van der Waals surface area contributed by atoms with Crippen LogP contribution in [-0.4, -0.2) is 71.1 Å². The number of rotatable bonds is 10. The van der Waals surface area contributed by atoms with Crippen molar-refractivity contribution in [2.24, 2.45) is 0 Å². The SMILES string of the molecule is COc1cc2ccc3cc(OC)c(ccc4cc(OC)c(ccc5cc(OC)c(ccc6cc(OC)c(ccc1cc2OC)cc6OC)cc5OC)cc4OC)cc3OC. The molecule has 15 rings (SSSR count). The first-order valence-corrected chi connectivity index (χ1v) is 19.0. The Kier molecular flexibility index (Phi) is 13.8. The van der Waals surface area contributed by atoms with Crippen LogP contribution in [0.25, 0.3) is 53.9 Å². The van der Waals surface area contributed by atoms with E-state index in [4.69, 9.17) is 47.4 Å². The van der Waals surface area contributed by atoms with E-state index in [0.717, 1.165) is 53.9 Å². The van der Waals surface area contributed by atoms with Gasteiger partial charge in [-0.25, -0.2) is 0 Å². The lowest BCUT2D eigenvalue weighted by atomic mass is 10.1. The number of hydrogen-bond acceptors (Lipinski definition) is 10. The summed E-state index contributed by atoms with van der Waals surface area (Å²) in [6.45, 7) is 0. The minimum absolute atomic E-state index is 0.646. The van der Waals surface area contributed by atoms with Crippen LogP contribution < -0.4 is 47.4 Å². The maximum Gasteiger partial charge on any atom is 0.126 e. The zero-order chi connectivity index (χ0) is 42.8. The minimum atomic E-state index is 0.646. The lowest BCUT2D eigenvalue weighted by molar-refractivity contribution is 0.410. The van der Waals surface area contributed by atoms with E-state index in [1.807, 2.05) is 121 Å². The summed E-state index contributed by atoms with van der Waals surface area (Å²) in [4.78, 5) is 0. The number of hydrogen-bond donors (Lipinski definition) is 0. The van der Waals surface area contributed by atoms with Gasteiger partial charge in [-0.3, -0.25) is 0 Å². The van der Waals surface area contributed by atoms with Crippen LogP contribution in [0.2, 0.25) is 0 Å². The zero-order valence-corrected chi connectivity index (χ0v) is 35.6. The molecule has 0 aliphatic carbocycles. The van der Waals surface area contributed by atoms with Gasteiger partial charge in [-0.05, 0) is 60.7 Å². The van der Waals surface area contributed by atoms with E-state index in [0.29, 0.717) is 57.5 Å². The summed E-state index contributed by atoms with van der Waals surface area (Å²) >= 11 is 0. The van der Waals surface area contributed by atoms with Gasteiger partial charge in [0.15, 0.2) is 0 Å². The summed E-state index contributed by atoms with van der Waals surface area (Å²) in [6, 6.07) is 38.8. The topological polar surface area (TPSA) is 92.3 Å². The summed E-state index contributed by atoms with van der Waals surface area (Å²) in [7, 11) is 16.4. The van der Waals surface area contributed by atoms with Crippen LogP contribution in [0, 0.1) is 0 Å². The van der Waals surface area contributed by atoms with Crippen LogP contribution in [0.1, 0.15) is 0 Å². The molecule has 0 aliphatic heterocycles. The number of methoxy groups -OCH3 is 10. The van der Waals surface area contributed by atoms with Crippen LogP contribution >= 0.6 is 0 Å². The van der Waals surface area contributed by atoms with Crippen molar-refractivity contribution < 1.29 is 47.4 Å². The Bertz CT molecular complexity index is 2160. The molecule has 0 heterocycles. The van der Waals surface area contributed by atoms with Crippen molar-refractivity contribution in [3.63, 3.8) is 0 Å². The highest BCUT2D eigenvalue weighted by atomic mass is 16.5. The van der Waals surface area contributed by atoms with Crippen molar-refractivity contribution in [3.8, 4) is 57.5 Å². The Balaban J connectivity index is 1.74. The second-order valence-electron chi connectivity index (χ2n) is 13.3. The molecule has 15 aromatic carbocycles. The molecule has 0 aliphatic rings. The first-order valence-electron chi connectivity index (χ1n) is 19.0. The normalized spacial score (nSPS) is 10.5. The Labute approximate surface area is 350 Å². The Morgan fingerprint density at radius 3 is 0.317 bits per heavy atom. The van der Waals surface area contributed by atoms with Gasteiger partial charge in [0.25, 0.3) is 0 Å². The van der Waals surface area contributed by atoms with Gasteiger partial charge in [-0.2, -0.15) is 0 Å². The monoisotopic (exact) mass is 810 g/mol. The van der Waals surface area contributed by atoms with E-state index < -0.39 is 0 Å². The fourth-order valence-electron chi connectivity index (χ4n) is 6.92. The van der Waals surface area contributed by atoms with Gasteiger partial charge in [-0.1, -0.05) is 60.7 Å². The lowest BCUT2D eigenvalue weighted by Crippen LogP contribution is -1.89. The summed E-state index contributed by atoms with van der Waals surface area (Å²) in [5, 5.41) is 8.01. The highest BCUT2D eigenvalue weighted by Gasteiger charge is 2.09. The maximum atomic E-state index is 5.87. The van der Waals surface area contributed by atoms with E-state index in [1.165, 1.54) is 0 Å². The molecule has 0 saturated carbocycles. The van der Waals surface area contributed by atoms with E-state index in [-0.39, 0.29) is 0 Å². The Morgan fingerprint density at radius 2 is 0.250 bits per heavy atom. The Morgan fingerprint density at radius 1 is 0.167 bits per heavy atom. The van der Waals surface area contributed by atoms with Crippen molar-refractivity contribution in [3.05, 3.63) is 121 Å². The molecule has 0 amide bonds. The third-order valence-electron chi connectivity index (χ3n) is 10.1. The molecule has 10 bridgehead atoms.